The van der Waals surface area contributed by atoms with E-state index >= 15 is 0 Å². The van der Waals surface area contributed by atoms with E-state index in [4.69, 9.17) is 16.3 Å². The molecule has 0 aromatic heterocycles. The van der Waals surface area contributed by atoms with Gasteiger partial charge in [-0.1, -0.05) is 0 Å². The Morgan fingerprint density at radius 1 is 1.60 bits per heavy atom. The quantitative estimate of drug-likeness (QED) is 0.488. The SMILES string of the molecule is COc1cc(C(=O)Cl)c(Br)c([N+](=O)[O-])c1. The van der Waals surface area contributed by atoms with Crippen molar-refractivity contribution in [2.75, 3.05) is 7.11 Å². The molecule has 5 nitrogen and oxygen atoms in total. The molecule has 0 aliphatic rings. The number of rotatable bonds is 3. The number of benzene rings is 1. The average Bonchev–Trinajstić information content (AvgIpc) is 2.17. The maximum atomic E-state index is 11.0. The van der Waals surface area contributed by atoms with Gasteiger partial charge < -0.3 is 4.74 Å². The molecule has 0 atom stereocenters. The molecule has 80 valence electrons. The summed E-state index contributed by atoms with van der Waals surface area (Å²) in [5, 5.41) is 9.84. The number of carbonyl (C=O) groups excluding carboxylic acids is 1. The Morgan fingerprint density at radius 2 is 2.20 bits per heavy atom. The van der Waals surface area contributed by atoms with Crippen LogP contribution in [0.25, 0.3) is 0 Å². The van der Waals surface area contributed by atoms with E-state index in [0.29, 0.717) is 0 Å². The van der Waals surface area contributed by atoms with Gasteiger partial charge in [-0.3, -0.25) is 14.9 Å². The third-order valence-corrected chi connectivity index (χ3v) is 2.71. The van der Waals surface area contributed by atoms with Gasteiger partial charge >= 0.3 is 0 Å². The zero-order valence-corrected chi connectivity index (χ0v) is 9.83. The van der Waals surface area contributed by atoms with Crippen molar-refractivity contribution in [2.45, 2.75) is 0 Å². The smallest absolute Gasteiger partial charge is 0.287 e. The Morgan fingerprint density at radius 3 is 2.60 bits per heavy atom. The largest absolute Gasteiger partial charge is 0.496 e. The molecule has 0 unspecified atom stereocenters. The maximum absolute atomic E-state index is 11.0. The molecule has 0 heterocycles. The van der Waals surface area contributed by atoms with Gasteiger partial charge in [0.15, 0.2) is 0 Å². The molecular weight excluding hydrogens is 289 g/mol. The predicted octanol–water partition coefficient (Wildman–Crippen LogP) is 2.74. The van der Waals surface area contributed by atoms with E-state index in [1.165, 1.54) is 19.2 Å². The van der Waals surface area contributed by atoms with Crippen LogP contribution in [0.1, 0.15) is 10.4 Å². The number of nitro groups is 1. The second kappa shape index (κ2) is 4.59. The van der Waals surface area contributed by atoms with Gasteiger partial charge in [-0.25, -0.2) is 0 Å². The Balaban J connectivity index is 3.47. The van der Waals surface area contributed by atoms with Gasteiger partial charge in [0.2, 0.25) is 0 Å². The summed E-state index contributed by atoms with van der Waals surface area (Å²) >= 11 is 8.21. The molecule has 0 bridgehead atoms. The lowest BCUT2D eigenvalue weighted by molar-refractivity contribution is -0.385. The van der Waals surface area contributed by atoms with Crippen LogP contribution in [-0.2, 0) is 0 Å². The van der Waals surface area contributed by atoms with Crippen molar-refractivity contribution in [1.29, 1.82) is 0 Å². The lowest BCUT2D eigenvalue weighted by Gasteiger charge is -2.04. The molecule has 0 N–H and O–H groups in total. The van der Waals surface area contributed by atoms with E-state index < -0.39 is 10.2 Å². The van der Waals surface area contributed by atoms with Crippen LogP contribution in [0.3, 0.4) is 0 Å². The molecule has 0 spiro atoms. The van der Waals surface area contributed by atoms with Gasteiger partial charge in [0.05, 0.1) is 23.7 Å². The lowest BCUT2D eigenvalue weighted by atomic mass is 10.2. The topological polar surface area (TPSA) is 69.4 Å². The summed E-state index contributed by atoms with van der Waals surface area (Å²) in [6.45, 7) is 0. The van der Waals surface area contributed by atoms with Crippen molar-refractivity contribution in [3.05, 3.63) is 32.3 Å². The summed E-state index contributed by atoms with van der Waals surface area (Å²) < 4.78 is 4.86. The van der Waals surface area contributed by atoms with Gasteiger partial charge in [-0.15, -0.1) is 0 Å². The van der Waals surface area contributed by atoms with Crippen LogP contribution >= 0.6 is 27.5 Å². The molecule has 0 amide bonds. The predicted molar refractivity (Wildman–Crippen MR) is 57.5 cm³/mol. The van der Waals surface area contributed by atoms with E-state index in [9.17, 15) is 14.9 Å². The second-order valence-corrected chi connectivity index (χ2v) is 3.68. The van der Waals surface area contributed by atoms with Crippen LogP contribution in [0.5, 0.6) is 5.75 Å². The Kier molecular flexibility index (Phi) is 3.65. The summed E-state index contributed by atoms with van der Waals surface area (Å²) in [5.41, 5.74) is -0.263. The Bertz CT molecular complexity index is 400. The fourth-order valence-electron chi connectivity index (χ4n) is 0.977. The van der Waals surface area contributed by atoms with Gasteiger partial charge in [0.1, 0.15) is 10.2 Å². The molecule has 1 aromatic rings. The third kappa shape index (κ3) is 2.45. The zero-order chi connectivity index (χ0) is 11.6. The van der Waals surface area contributed by atoms with Crippen LogP contribution in [0.4, 0.5) is 5.69 Å². The number of nitrogens with zero attached hydrogens (tertiary/aromatic N) is 1. The van der Waals surface area contributed by atoms with E-state index in [2.05, 4.69) is 15.9 Å². The highest BCUT2D eigenvalue weighted by Crippen LogP contribution is 2.33. The number of halogens is 2. The first kappa shape index (κ1) is 11.9. The summed E-state index contributed by atoms with van der Waals surface area (Å²) in [6.07, 6.45) is 0. The molecule has 0 aliphatic heterocycles. The van der Waals surface area contributed by atoms with Crippen LogP contribution in [0.2, 0.25) is 0 Å². The summed E-state index contributed by atoms with van der Waals surface area (Å²) in [4.78, 5) is 21.0. The standard InChI is InChI=1S/C8H5BrClNO4/c1-15-4-2-5(8(10)12)7(9)6(3-4)11(13)14/h2-3H,1H3. The molecule has 1 rings (SSSR count). The highest BCUT2D eigenvalue weighted by molar-refractivity contribution is 9.10. The van der Waals surface area contributed by atoms with E-state index in [0.717, 1.165) is 0 Å². The fourth-order valence-corrected chi connectivity index (χ4v) is 1.79. The van der Waals surface area contributed by atoms with Crippen LogP contribution in [-0.4, -0.2) is 17.3 Å². The molecular formula is C8H5BrClNO4. The van der Waals surface area contributed by atoms with Crippen molar-refractivity contribution in [2.24, 2.45) is 0 Å². The van der Waals surface area contributed by atoms with Crippen LogP contribution in [0, 0.1) is 10.1 Å². The minimum Gasteiger partial charge on any atom is -0.496 e. The number of nitro benzene ring substituents is 1. The van der Waals surface area contributed by atoms with E-state index in [1.807, 2.05) is 0 Å². The highest BCUT2D eigenvalue weighted by Gasteiger charge is 2.21. The average molecular weight is 294 g/mol. The van der Waals surface area contributed by atoms with Gasteiger partial charge in [0.25, 0.3) is 10.9 Å². The Labute approximate surface area is 98.3 Å². The van der Waals surface area contributed by atoms with Gasteiger partial charge in [-0.2, -0.15) is 0 Å². The minimum atomic E-state index is -0.788. The van der Waals surface area contributed by atoms with Crippen LogP contribution < -0.4 is 4.74 Å². The lowest BCUT2D eigenvalue weighted by Crippen LogP contribution is -1.98. The van der Waals surface area contributed by atoms with Crippen molar-refractivity contribution < 1.29 is 14.5 Å². The Hall–Kier alpha value is -1.14. The number of ether oxygens (including phenoxy) is 1. The first-order valence-corrected chi connectivity index (χ1v) is 4.86. The van der Waals surface area contributed by atoms with Crippen molar-refractivity contribution in [3.8, 4) is 5.75 Å². The van der Waals surface area contributed by atoms with Crippen molar-refractivity contribution >= 4 is 38.5 Å². The molecule has 1 aromatic carbocycles. The molecule has 0 saturated carbocycles. The normalized spacial score (nSPS) is 9.80. The minimum absolute atomic E-state index is 0.00252. The third-order valence-electron chi connectivity index (χ3n) is 1.67. The first-order valence-electron chi connectivity index (χ1n) is 3.69. The van der Waals surface area contributed by atoms with Gasteiger partial charge in [0, 0.05) is 0 Å². The first-order chi connectivity index (χ1) is 6.97. The number of hydrogen-bond donors (Lipinski definition) is 0. The molecule has 15 heavy (non-hydrogen) atoms. The summed E-state index contributed by atoms with van der Waals surface area (Å²) in [7, 11) is 1.34. The molecule has 0 radical (unpaired) electrons. The van der Waals surface area contributed by atoms with Crippen molar-refractivity contribution in [1.82, 2.24) is 0 Å². The second-order valence-electron chi connectivity index (χ2n) is 2.54. The summed E-state index contributed by atoms with van der Waals surface area (Å²) in [5.74, 6) is 0.203. The fraction of sp³-hybridized carbons (Fsp3) is 0.125. The highest BCUT2D eigenvalue weighted by atomic mass is 79.9. The van der Waals surface area contributed by atoms with Crippen molar-refractivity contribution in [3.63, 3.8) is 0 Å². The van der Waals surface area contributed by atoms with E-state index in [1.54, 1.807) is 0 Å². The molecule has 0 aliphatic carbocycles. The van der Waals surface area contributed by atoms with Gasteiger partial charge in [-0.05, 0) is 33.6 Å². The summed E-state index contributed by atoms with van der Waals surface area (Å²) in [6, 6.07) is 2.53. The number of methoxy groups -OCH3 is 1. The monoisotopic (exact) mass is 293 g/mol. The number of hydrogen-bond acceptors (Lipinski definition) is 4. The zero-order valence-electron chi connectivity index (χ0n) is 7.49. The molecule has 0 fully saturated rings. The molecule has 7 heteroatoms. The van der Waals surface area contributed by atoms with E-state index in [-0.39, 0.29) is 21.5 Å². The number of carbonyl (C=O) groups is 1. The van der Waals surface area contributed by atoms with Crippen LogP contribution in [0.15, 0.2) is 16.6 Å². The molecule has 0 saturated heterocycles. The maximum Gasteiger partial charge on any atom is 0.287 e.